The summed E-state index contributed by atoms with van der Waals surface area (Å²) >= 11 is 3.69. The minimum atomic E-state index is -3.82. The van der Waals surface area contributed by atoms with Crippen LogP contribution in [0.15, 0.2) is 46.2 Å². The van der Waals surface area contributed by atoms with Gasteiger partial charge in [-0.15, -0.1) is 0 Å². The molecule has 2 aromatic rings. The Balaban J connectivity index is -0.000000198. The lowest BCUT2D eigenvalue weighted by molar-refractivity contribution is 0.277. The largest absolute Gasteiger partial charge is 0.506 e. The van der Waals surface area contributed by atoms with Gasteiger partial charge < -0.3 is 14.6 Å². The SMILES string of the molecule is CC.CC.CC.COC.COc1cccc(I)c1S(N)(=O)=O.NS(=O)(=O)c1c(O)cccc1I. The lowest BCUT2D eigenvalue weighted by Gasteiger charge is -2.07. The van der Waals surface area contributed by atoms with Crippen LogP contribution in [-0.4, -0.2) is 43.3 Å². The van der Waals surface area contributed by atoms with Gasteiger partial charge in [-0.05, 0) is 69.4 Å². The van der Waals surface area contributed by atoms with Crippen LogP contribution in [0.4, 0.5) is 0 Å². The maximum atomic E-state index is 11.1. The Kier molecular flexibility index (Phi) is 27.0. The highest BCUT2D eigenvalue weighted by molar-refractivity contribution is 14.1. The van der Waals surface area contributed by atoms with Crippen molar-refractivity contribution in [3.63, 3.8) is 0 Å². The average molecular weight is 748 g/mol. The molecule has 0 amide bonds. The van der Waals surface area contributed by atoms with E-state index in [-0.39, 0.29) is 21.3 Å². The lowest BCUT2D eigenvalue weighted by Crippen LogP contribution is -2.14. The number of nitrogens with two attached hydrogens (primary N) is 2. The summed E-state index contributed by atoms with van der Waals surface area (Å²) in [7, 11) is -2.88. The van der Waals surface area contributed by atoms with Gasteiger partial charge in [0.05, 0.1) is 7.11 Å². The highest BCUT2D eigenvalue weighted by Crippen LogP contribution is 2.27. The predicted molar refractivity (Wildman–Crippen MR) is 156 cm³/mol. The number of benzene rings is 2. The zero-order valence-electron chi connectivity index (χ0n) is 21.1. The molecule has 0 atom stereocenters. The summed E-state index contributed by atoms with van der Waals surface area (Å²) in [6.07, 6.45) is 0. The van der Waals surface area contributed by atoms with Crippen molar-refractivity contribution < 1.29 is 31.4 Å². The molecule has 9 nitrogen and oxygen atoms in total. The second-order valence-corrected chi connectivity index (χ2v) is 10.2. The van der Waals surface area contributed by atoms with Gasteiger partial charge in [-0.25, -0.2) is 27.1 Å². The number of rotatable bonds is 3. The fourth-order valence-electron chi connectivity index (χ4n) is 1.71. The fourth-order valence-corrected chi connectivity index (χ4v) is 5.97. The zero-order valence-corrected chi connectivity index (χ0v) is 27.0. The molecular formula is C21H38I2N2O7S2. The number of aromatic hydroxyl groups is 1. The molecule has 0 saturated heterocycles. The van der Waals surface area contributed by atoms with Crippen molar-refractivity contribution in [2.24, 2.45) is 10.3 Å². The van der Waals surface area contributed by atoms with E-state index in [0.29, 0.717) is 7.14 Å². The minimum Gasteiger partial charge on any atom is -0.506 e. The van der Waals surface area contributed by atoms with Crippen molar-refractivity contribution in [1.82, 2.24) is 0 Å². The topological polar surface area (TPSA) is 159 Å². The van der Waals surface area contributed by atoms with Crippen LogP contribution in [0.3, 0.4) is 0 Å². The molecular weight excluding hydrogens is 710 g/mol. The average Bonchev–Trinajstić information content (AvgIpc) is 2.77. The Bertz CT molecular complexity index is 982. The standard InChI is InChI=1S/C7H8INO3S.C6H6INO3S.C2H6O.3C2H6/c1-12-6-4-2-3-5(8)7(6)13(9,10)11;7-4-2-1-3-5(9)6(4)12(8,10)11;1-3-2;3*1-2/h2-4H,1H3,(H2,9,10,11);1-3,9H,(H2,8,10,11);1-2H3;3*1-2H3. The van der Waals surface area contributed by atoms with E-state index < -0.39 is 20.0 Å². The summed E-state index contributed by atoms with van der Waals surface area (Å²) in [6, 6.07) is 9.30. The number of sulfonamides is 2. The molecule has 34 heavy (non-hydrogen) atoms. The molecule has 0 radical (unpaired) electrons. The van der Waals surface area contributed by atoms with E-state index in [4.69, 9.17) is 20.1 Å². The Morgan fingerprint density at radius 3 is 1.26 bits per heavy atom. The van der Waals surface area contributed by atoms with E-state index in [1.807, 2.05) is 64.1 Å². The molecule has 200 valence electrons. The first-order chi connectivity index (χ1) is 15.8. The van der Waals surface area contributed by atoms with E-state index in [2.05, 4.69) is 4.74 Å². The summed E-state index contributed by atoms with van der Waals surface area (Å²) in [5.74, 6) is -0.0428. The van der Waals surface area contributed by atoms with Gasteiger partial charge in [0.2, 0.25) is 20.0 Å². The molecule has 0 aliphatic carbocycles. The van der Waals surface area contributed by atoms with Crippen LogP contribution in [0, 0.1) is 7.14 Å². The fraction of sp³-hybridized carbons (Fsp3) is 0.429. The quantitative estimate of drug-likeness (QED) is 0.376. The van der Waals surface area contributed by atoms with Crippen LogP contribution in [0.1, 0.15) is 41.5 Å². The first-order valence-corrected chi connectivity index (χ1v) is 15.3. The Labute approximate surface area is 233 Å². The number of hydrogen-bond donors (Lipinski definition) is 3. The van der Waals surface area contributed by atoms with Crippen molar-refractivity contribution >= 4 is 65.2 Å². The first kappa shape index (κ1) is 40.4. The van der Waals surface area contributed by atoms with Crippen LogP contribution >= 0.6 is 45.2 Å². The number of halogens is 2. The van der Waals surface area contributed by atoms with Crippen molar-refractivity contribution in [1.29, 1.82) is 0 Å². The molecule has 2 rings (SSSR count). The predicted octanol–water partition coefficient (Wildman–Crippen LogP) is 4.93. The van der Waals surface area contributed by atoms with Gasteiger partial charge in [0.1, 0.15) is 21.3 Å². The minimum absolute atomic E-state index is 0.0399. The number of ether oxygens (including phenoxy) is 2. The van der Waals surface area contributed by atoms with Crippen LogP contribution < -0.4 is 15.0 Å². The van der Waals surface area contributed by atoms with Crippen LogP contribution in [-0.2, 0) is 24.8 Å². The maximum absolute atomic E-state index is 11.1. The summed E-state index contributed by atoms with van der Waals surface area (Å²) < 4.78 is 54.1. The van der Waals surface area contributed by atoms with E-state index >= 15 is 0 Å². The monoisotopic (exact) mass is 748 g/mol. The van der Waals surface area contributed by atoms with E-state index in [1.54, 1.807) is 67.1 Å². The number of methoxy groups -OCH3 is 2. The summed E-state index contributed by atoms with van der Waals surface area (Å²) in [5, 5.41) is 19.1. The lowest BCUT2D eigenvalue weighted by atomic mass is 10.3. The number of hydrogen-bond acceptors (Lipinski definition) is 7. The molecule has 13 heteroatoms. The number of phenols is 1. The number of phenolic OH excluding ortho intramolecular Hbond substituents is 1. The Hall–Kier alpha value is -0.720. The van der Waals surface area contributed by atoms with E-state index in [1.165, 1.54) is 13.2 Å². The molecule has 0 aliphatic heterocycles. The first-order valence-electron chi connectivity index (χ1n) is 10.1. The molecule has 0 unspecified atom stereocenters. The molecule has 0 aromatic heterocycles. The maximum Gasteiger partial charge on any atom is 0.242 e. The van der Waals surface area contributed by atoms with E-state index in [0.717, 1.165) is 0 Å². The summed E-state index contributed by atoms with van der Waals surface area (Å²) in [4.78, 5) is -0.177. The third kappa shape index (κ3) is 16.8. The molecule has 0 aliphatic rings. The van der Waals surface area contributed by atoms with Gasteiger partial charge >= 0.3 is 0 Å². The Morgan fingerprint density at radius 1 is 0.706 bits per heavy atom. The van der Waals surface area contributed by atoms with Crippen molar-refractivity contribution in [3.05, 3.63) is 43.5 Å². The third-order valence-corrected chi connectivity index (χ3v) is 7.18. The second kappa shape index (κ2) is 22.7. The van der Waals surface area contributed by atoms with Crippen molar-refractivity contribution in [2.75, 3.05) is 21.3 Å². The van der Waals surface area contributed by atoms with E-state index in [9.17, 15) is 16.8 Å². The molecule has 0 bridgehead atoms. The van der Waals surface area contributed by atoms with Gasteiger partial charge in [0.25, 0.3) is 0 Å². The molecule has 0 fully saturated rings. The highest BCUT2D eigenvalue weighted by Gasteiger charge is 2.18. The second-order valence-electron chi connectivity index (χ2n) is 4.86. The molecule has 0 saturated carbocycles. The summed E-state index contributed by atoms with van der Waals surface area (Å²) in [5.41, 5.74) is 0. The van der Waals surface area contributed by atoms with Crippen molar-refractivity contribution in [3.8, 4) is 11.5 Å². The highest BCUT2D eigenvalue weighted by atomic mass is 127. The van der Waals surface area contributed by atoms with Crippen LogP contribution in [0.2, 0.25) is 0 Å². The van der Waals surface area contributed by atoms with Gasteiger partial charge in [-0.2, -0.15) is 0 Å². The van der Waals surface area contributed by atoms with Gasteiger partial charge in [0, 0.05) is 21.4 Å². The molecule has 0 heterocycles. The van der Waals surface area contributed by atoms with Crippen LogP contribution in [0.25, 0.3) is 0 Å². The van der Waals surface area contributed by atoms with Crippen LogP contribution in [0.5, 0.6) is 11.5 Å². The summed E-state index contributed by atoms with van der Waals surface area (Å²) in [6.45, 7) is 12.0. The van der Waals surface area contributed by atoms with Crippen molar-refractivity contribution in [2.45, 2.75) is 51.3 Å². The van der Waals surface area contributed by atoms with Gasteiger partial charge in [0.15, 0.2) is 0 Å². The van der Waals surface area contributed by atoms with Gasteiger partial charge in [-0.3, -0.25) is 0 Å². The van der Waals surface area contributed by atoms with Gasteiger partial charge in [-0.1, -0.05) is 53.7 Å². The smallest absolute Gasteiger partial charge is 0.242 e. The number of primary sulfonamides is 2. The zero-order chi connectivity index (χ0) is 28.1. The third-order valence-electron chi connectivity index (χ3n) is 2.67. The molecule has 5 N–H and O–H groups in total. The molecule has 2 aromatic carbocycles. The normalized spacial score (nSPS) is 9.44. The molecule has 0 spiro atoms. The Morgan fingerprint density at radius 2 is 1.03 bits per heavy atom.